The Balaban J connectivity index is 1.32. The molecule has 2 amide bonds. The molecule has 0 bridgehead atoms. The maximum Gasteiger partial charge on any atom is 0.341 e. The highest BCUT2D eigenvalue weighted by atomic mass is 16.8. The number of fused-ring (bicyclic) bond motifs is 2. The topological polar surface area (TPSA) is 172 Å². The van der Waals surface area contributed by atoms with E-state index in [1.807, 2.05) is 36.4 Å². The van der Waals surface area contributed by atoms with Crippen LogP contribution in [-0.4, -0.2) is 72.9 Å². The number of carbonyl (C=O) groups is 2. The Labute approximate surface area is 233 Å². The number of carboxylic acid groups (broad SMARTS) is 1. The van der Waals surface area contributed by atoms with Crippen LogP contribution in [-0.2, 0) is 14.2 Å². The number of carbonyl (C=O) groups excluding carboxylic acids is 1. The molecule has 2 aliphatic rings. The fourth-order valence-electron chi connectivity index (χ4n) is 4.60. The number of ether oxygens (including phenoxy) is 4. The summed E-state index contributed by atoms with van der Waals surface area (Å²) < 4.78 is 26.2. The number of imidazole rings is 1. The van der Waals surface area contributed by atoms with Gasteiger partial charge in [0.15, 0.2) is 35.6 Å². The van der Waals surface area contributed by atoms with Crippen LogP contribution in [0.4, 0.5) is 10.6 Å². The molecule has 0 spiro atoms. The van der Waals surface area contributed by atoms with Gasteiger partial charge in [-0.15, -0.1) is 0 Å². The largest absolute Gasteiger partial charge is 0.477 e. The smallest absolute Gasteiger partial charge is 0.341 e. The summed E-state index contributed by atoms with van der Waals surface area (Å²) in [5, 5.41) is 14.9. The van der Waals surface area contributed by atoms with Crippen molar-refractivity contribution < 1.29 is 33.6 Å². The van der Waals surface area contributed by atoms with Crippen LogP contribution >= 0.6 is 0 Å². The van der Waals surface area contributed by atoms with Crippen molar-refractivity contribution in [2.45, 2.75) is 37.9 Å². The van der Waals surface area contributed by atoms with E-state index in [2.05, 4.69) is 30.6 Å². The number of urea groups is 1. The van der Waals surface area contributed by atoms with Gasteiger partial charge in [-0.1, -0.05) is 36.4 Å². The fraction of sp³-hybridized carbons (Fsp3) is 0.259. The van der Waals surface area contributed by atoms with Gasteiger partial charge < -0.3 is 29.4 Å². The Kier molecular flexibility index (Phi) is 7.24. The van der Waals surface area contributed by atoms with Crippen molar-refractivity contribution in [3.8, 4) is 5.88 Å². The highest BCUT2D eigenvalue weighted by Crippen LogP contribution is 2.41. The lowest BCUT2D eigenvalue weighted by Crippen LogP contribution is -2.33. The summed E-state index contributed by atoms with van der Waals surface area (Å²) >= 11 is 0. The zero-order valence-corrected chi connectivity index (χ0v) is 21.7. The molecule has 2 fully saturated rings. The van der Waals surface area contributed by atoms with Crippen molar-refractivity contribution >= 4 is 35.1 Å². The zero-order valence-electron chi connectivity index (χ0n) is 21.7. The number of amides is 2. The molecule has 41 heavy (non-hydrogen) atoms. The molecular formula is C27H25N7O7. The molecule has 4 aromatic rings. The molecule has 3 aromatic heterocycles. The van der Waals surface area contributed by atoms with E-state index in [0.717, 1.165) is 5.56 Å². The molecule has 0 radical (unpaired) electrons. The Morgan fingerprint density at radius 1 is 1.05 bits per heavy atom. The van der Waals surface area contributed by atoms with Gasteiger partial charge in [0.05, 0.1) is 6.33 Å². The first-order valence-electron chi connectivity index (χ1n) is 12.8. The van der Waals surface area contributed by atoms with Gasteiger partial charge in [-0.25, -0.2) is 29.5 Å². The Morgan fingerprint density at radius 2 is 1.88 bits per heavy atom. The van der Waals surface area contributed by atoms with Gasteiger partial charge >= 0.3 is 12.0 Å². The predicted molar refractivity (Wildman–Crippen MR) is 143 cm³/mol. The number of hydrogen-bond donors (Lipinski definition) is 3. The number of hydrogen-bond acceptors (Lipinski definition) is 10. The van der Waals surface area contributed by atoms with Crippen LogP contribution in [0.1, 0.15) is 29.1 Å². The molecule has 5 heterocycles. The molecule has 3 N–H and O–H groups in total. The van der Waals surface area contributed by atoms with Crippen molar-refractivity contribution in [2.75, 3.05) is 11.9 Å². The average molecular weight is 560 g/mol. The summed E-state index contributed by atoms with van der Waals surface area (Å²) in [5.74, 6) is -1.10. The molecular weight excluding hydrogens is 534 g/mol. The lowest BCUT2D eigenvalue weighted by molar-refractivity contribution is -0.177. The molecule has 5 atom stereocenters. The molecule has 0 aliphatic carbocycles. The summed E-state index contributed by atoms with van der Waals surface area (Å²) in [7, 11) is 0. The predicted octanol–water partition coefficient (Wildman–Crippen LogP) is 2.82. The number of benzene rings is 1. The van der Waals surface area contributed by atoms with Crippen LogP contribution in [0.2, 0.25) is 0 Å². The Bertz CT molecular complexity index is 1600. The standard InChI is InChI=1S/C27H25N7O7/c1-2-28-27(37)33-21-18-22(31-13-30-21)34(14-32-18)24-19-20(39-17(38-19)11-10-15-7-4-3-5-8-15)26(41-24)40-23-16(25(35)36)9-6-12-29-23/h3-14,17,19-20,24,26H,2H2,1H3,(H,35,36)(H2,28,30,31,33,37)/b11-10+/t17-,19?,20?,24?,26?/m1/s1. The van der Waals surface area contributed by atoms with E-state index in [0.29, 0.717) is 17.7 Å². The minimum Gasteiger partial charge on any atom is -0.477 e. The van der Waals surface area contributed by atoms with Gasteiger partial charge in [0.25, 0.3) is 0 Å². The third kappa shape index (κ3) is 5.30. The number of carboxylic acids is 1. The van der Waals surface area contributed by atoms with Crippen LogP contribution in [0.5, 0.6) is 5.88 Å². The highest BCUT2D eigenvalue weighted by Gasteiger charge is 2.55. The van der Waals surface area contributed by atoms with Crippen LogP contribution in [0.3, 0.4) is 0 Å². The van der Waals surface area contributed by atoms with Gasteiger partial charge in [-0.2, -0.15) is 0 Å². The van der Waals surface area contributed by atoms with E-state index < -0.39 is 43.0 Å². The van der Waals surface area contributed by atoms with Crippen molar-refractivity contribution in [2.24, 2.45) is 0 Å². The van der Waals surface area contributed by atoms with Crippen molar-refractivity contribution in [3.63, 3.8) is 0 Å². The van der Waals surface area contributed by atoms with Gasteiger partial charge in [0.1, 0.15) is 18.0 Å². The van der Waals surface area contributed by atoms with Crippen molar-refractivity contribution in [1.29, 1.82) is 0 Å². The molecule has 0 saturated carbocycles. The minimum absolute atomic E-state index is 0.123. The number of nitrogens with one attached hydrogen (secondary N) is 2. The molecule has 1 aromatic carbocycles. The van der Waals surface area contributed by atoms with Gasteiger partial charge in [-0.3, -0.25) is 9.88 Å². The summed E-state index contributed by atoms with van der Waals surface area (Å²) in [6.45, 7) is 2.23. The first kappa shape index (κ1) is 26.3. The van der Waals surface area contributed by atoms with E-state index in [-0.39, 0.29) is 17.3 Å². The van der Waals surface area contributed by atoms with E-state index in [9.17, 15) is 14.7 Å². The number of aromatic carboxylic acids is 1. The summed E-state index contributed by atoms with van der Waals surface area (Å²) in [6.07, 6.45) is 3.73. The van der Waals surface area contributed by atoms with Crippen LogP contribution in [0, 0.1) is 0 Å². The number of rotatable bonds is 8. The second kappa shape index (κ2) is 11.3. The first-order chi connectivity index (χ1) is 20.0. The third-order valence-corrected chi connectivity index (χ3v) is 6.41. The van der Waals surface area contributed by atoms with Crippen LogP contribution in [0.15, 0.2) is 67.4 Å². The molecule has 6 rings (SSSR count). The van der Waals surface area contributed by atoms with Gasteiger partial charge in [-0.05, 0) is 30.7 Å². The number of aromatic nitrogens is 5. The summed E-state index contributed by atoms with van der Waals surface area (Å²) in [4.78, 5) is 40.9. The normalized spacial score (nSPS) is 23.5. The molecule has 210 valence electrons. The van der Waals surface area contributed by atoms with Gasteiger partial charge in [0.2, 0.25) is 12.2 Å². The first-order valence-corrected chi connectivity index (χ1v) is 12.8. The van der Waals surface area contributed by atoms with E-state index in [1.165, 1.54) is 31.0 Å². The quantitative estimate of drug-likeness (QED) is 0.290. The monoisotopic (exact) mass is 559 g/mol. The Hall–Kier alpha value is -4.92. The lowest BCUT2D eigenvalue weighted by Gasteiger charge is -2.21. The third-order valence-electron chi connectivity index (χ3n) is 6.41. The molecule has 4 unspecified atom stereocenters. The second-order valence-electron chi connectivity index (χ2n) is 9.04. The highest BCUT2D eigenvalue weighted by molar-refractivity contribution is 5.95. The molecule has 14 heteroatoms. The second-order valence-corrected chi connectivity index (χ2v) is 9.04. The fourth-order valence-corrected chi connectivity index (χ4v) is 4.60. The van der Waals surface area contributed by atoms with Crippen molar-refractivity contribution in [1.82, 2.24) is 29.8 Å². The number of anilines is 1. The van der Waals surface area contributed by atoms with Crippen molar-refractivity contribution in [3.05, 3.63) is 78.5 Å². The number of pyridine rings is 1. The molecule has 2 aliphatic heterocycles. The van der Waals surface area contributed by atoms with E-state index in [4.69, 9.17) is 18.9 Å². The van der Waals surface area contributed by atoms with Crippen LogP contribution < -0.4 is 15.4 Å². The summed E-state index contributed by atoms with van der Waals surface area (Å²) in [5.41, 5.74) is 1.53. The average Bonchev–Trinajstić information content (AvgIpc) is 3.68. The lowest BCUT2D eigenvalue weighted by atomic mass is 10.2. The molecule has 2 saturated heterocycles. The van der Waals surface area contributed by atoms with E-state index >= 15 is 0 Å². The van der Waals surface area contributed by atoms with Crippen LogP contribution in [0.25, 0.3) is 17.2 Å². The zero-order chi connectivity index (χ0) is 28.3. The van der Waals surface area contributed by atoms with E-state index in [1.54, 1.807) is 17.6 Å². The maximum atomic E-state index is 12.1. The SMILES string of the molecule is CCNC(=O)Nc1ncnc2c1ncn2C1OC(Oc2ncccc2C(=O)O)C2O[C@H](/C=C/c3ccccc3)OC21. The number of nitrogens with zero attached hydrogens (tertiary/aromatic N) is 5. The van der Waals surface area contributed by atoms with Gasteiger partial charge in [0, 0.05) is 12.7 Å². The maximum absolute atomic E-state index is 12.1. The minimum atomic E-state index is -1.20. The summed E-state index contributed by atoms with van der Waals surface area (Å²) in [6, 6.07) is 12.1. The Morgan fingerprint density at radius 3 is 2.68 bits per heavy atom. The molecule has 14 nitrogen and oxygen atoms in total.